The monoisotopic (exact) mass is 383 g/mol. The van der Waals surface area contributed by atoms with Crippen molar-refractivity contribution < 1.29 is 18.7 Å². The zero-order valence-electron chi connectivity index (χ0n) is 14.7. The Morgan fingerprint density at radius 2 is 1.96 bits per heavy atom. The van der Waals surface area contributed by atoms with Gasteiger partial charge in [-0.3, -0.25) is 4.79 Å². The molecule has 0 atom stereocenters. The number of rotatable bonds is 10. The number of hydrogen-bond acceptors (Lipinski definition) is 7. The quantitative estimate of drug-likeness (QED) is 0.483. The smallest absolute Gasteiger partial charge is 0.233 e. The topological polar surface area (TPSA) is 95.5 Å². The largest absolute Gasteiger partial charge is 0.383 e. The molecule has 2 aromatic rings. The van der Waals surface area contributed by atoms with Gasteiger partial charge in [-0.1, -0.05) is 23.9 Å². The van der Waals surface area contributed by atoms with Crippen LogP contribution in [0.4, 0.5) is 4.39 Å². The number of nitrogens with two attached hydrogens (primary N) is 1. The second kappa shape index (κ2) is 10.1. The molecule has 0 aliphatic heterocycles. The molecule has 0 fully saturated rings. The molecule has 8 nitrogen and oxygen atoms in total. The van der Waals surface area contributed by atoms with Crippen molar-refractivity contribution in [2.75, 3.05) is 52.1 Å². The van der Waals surface area contributed by atoms with E-state index in [0.29, 0.717) is 42.8 Å². The van der Waals surface area contributed by atoms with Gasteiger partial charge < -0.3 is 20.2 Å². The molecule has 142 valence electrons. The molecule has 0 bridgehead atoms. The lowest BCUT2D eigenvalue weighted by Gasteiger charge is -2.21. The maximum atomic E-state index is 13.4. The third-order valence-electron chi connectivity index (χ3n) is 3.56. The number of methoxy groups -OCH3 is 2. The highest BCUT2D eigenvalue weighted by molar-refractivity contribution is 7.99. The standard InChI is InChI=1S/C16H22FN5O3S/c1-24-8-6-21(7-9-25-2)14(23)11-26-16-20-19-15(22(16)18)12-4-3-5-13(17)10-12/h3-5,10H,6-9,11,18H2,1-2H3. The normalized spacial score (nSPS) is 10.9. The third kappa shape index (κ3) is 5.41. The Kier molecular flexibility index (Phi) is 7.82. The summed E-state index contributed by atoms with van der Waals surface area (Å²) in [5.74, 6) is 5.99. The summed E-state index contributed by atoms with van der Waals surface area (Å²) in [5.41, 5.74) is 0.514. The summed E-state index contributed by atoms with van der Waals surface area (Å²) in [5, 5.41) is 8.34. The Hall–Kier alpha value is -2.17. The van der Waals surface area contributed by atoms with Crippen molar-refractivity contribution >= 4 is 17.7 Å². The maximum Gasteiger partial charge on any atom is 0.233 e. The van der Waals surface area contributed by atoms with E-state index in [-0.39, 0.29) is 17.5 Å². The lowest BCUT2D eigenvalue weighted by Crippen LogP contribution is -2.37. The summed E-state index contributed by atoms with van der Waals surface area (Å²) < 4.78 is 24.7. The van der Waals surface area contributed by atoms with Crippen molar-refractivity contribution in [1.29, 1.82) is 0 Å². The fourth-order valence-electron chi connectivity index (χ4n) is 2.18. The molecule has 2 N–H and O–H groups in total. The molecule has 10 heteroatoms. The molecule has 2 rings (SSSR count). The molecular formula is C16H22FN5O3S. The number of halogens is 1. The van der Waals surface area contributed by atoms with Crippen LogP contribution >= 0.6 is 11.8 Å². The molecule has 0 aliphatic carbocycles. The van der Waals surface area contributed by atoms with E-state index in [1.54, 1.807) is 31.3 Å². The van der Waals surface area contributed by atoms with Crippen LogP contribution in [0.15, 0.2) is 29.4 Å². The number of carbonyl (C=O) groups excluding carboxylic acids is 1. The Labute approximate surface area is 155 Å². The molecule has 1 amide bonds. The molecule has 0 radical (unpaired) electrons. The first-order valence-corrected chi connectivity index (χ1v) is 8.90. The first kappa shape index (κ1) is 20.1. The zero-order chi connectivity index (χ0) is 18.9. The number of benzene rings is 1. The van der Waals surface area contributed by atoms with Crippen LogP contribution in [0.1, 0.15) is 0 Å². The SMILES string of the molecule is COCCN(CCOC)C(=O)CSc1nnc(-c2cccc(F)c2)n1N. The molecule has 0 saturated heterocycles. The minimum absolute atomic E-state index is 0.0839. The number of amides is 1. The van der Waals surface area contributed by atoms with Crippen LogP contribution in [-0.4, -0.2) is 72.0 Å². The minimum Gasteiger partial charge on any atom is -0.383 e. The van der Waals surface area contributed by atoms with E-state index in [4.69, 9.17) is 15.3 Å². The Morgan fingerprint density at radius 3 is 2.58 bits per heavy atom. The Bertz CT molecular complexity index is 720. The molecule has 1 aromatic heterocycles. The van der Waals surface area contributed by atoms with Crippen molar-refractivity contribution in [2.24, 2.45) is 0 Å². The summed E-state index contributed by atoms with van der Waals surface area (Å²) in [4.78, 5) is 14.1. The van der Waals surface area contributed by atoms with E-state index >= 15 is 0 Å². The molecule has 1 aromatic carbocycles. The van der Waals surface area contributed by atoms with Gasteiger partial charge in [-0.25, -0.2) is 9.07 Å². The zero-order valence-corrected chi connectivity index (χ0v) is 15.5. The van der Waals surface area contributed by atoms with Crippen LogP contribution in [-0.2, 0) is 14.3 Å². The van der Waals surface area contributed by atoms with E-state index in [1.165, 1.54) is 28.6 Å². The molecule has 0 spiro atoms. The molecular weight excluding hydrogens is 361 g/mol. The van der Waals surface area contributed by atoms with Gasteiger partial charge in [-0.05, 0) is 12.1 Å². The number of thioether (sulfide) groups is 1. The van der Waals surface area contributed by atoms with Gasteiger partial charge in [0.2, 0.25) is 11.1 Å². The highest BCUT2D eigenvalue weighted by Gasteiger charge is 2.17. The number of aromatic nitrogens is 3. The maximum absolute atomic E-state index is 13.4. The third-order valence-corrected chi connectivity index (χ3v) is 4.48. The second-order valence-electron chi connectivity index (χ2n) is 5.34. The van der Waals surface area contributed by atoms with Crippen LogP contribution in [0.2, 0.25) is 0 Å². The van der Waals surface area contributed by atoms with E-state index in [9.17, 15) is 9.18 Å². The Balaban J connectivity index is 2.01. The van der Waals surface area contributed by atoms with Gasteiger partial charge in [-0.15, -0.1) is 10.2 Å². The number of carbonyl (C=O) groups is 1. The number of hydrogen-bond donors (Lipinski definition) is 1. The molecule has 0 aliphatic rings. The van der Waals surface area contributed by atoms with Crippen LogP contribution in [0, 0.1) is 5.82 Å². The highest BCUT2D eigenvalue weighted by atomic mass is 32.2. The minimum atomic E-state index is -0.387. The number of nitrogen functional groups attached to an aromatic ring is 1. The van der Waals surface area contributed by atoms with Gasteiger partial charge in [0.05, 0.1) is 19.0 Å². The Morgan fingerprint density at radius 1 is 1.27 bits per heavy atom. The summed E-state index contributed by atoms with van der Waals surface area (Å²) in [6.07, 6.45) is 0. The lowest BCUT2D eigenvalue weighted by atomic mass is 10.2. The van der Waals surface area contributed by atoms with Crippen molar-refractivity contribution in [3.63, 3.8) is 0 Å². The molecule has 26 heavy (non-hydrogen) atoms. The predicted octanol–water partition coefficient (Wildman–Crippen LogP) is 1.01. The second-order valence-corrected chi connectivity index (χ2v) is 6.28. The first-order chi connectivity index (χ1) is 12.6. The van der Waals surface area contributed by atoms with Gasteiger partial charge in [0.25, 0.3) is 0 Å². The van der Waals surface area contributed by atoms with Crippen LogP contribution in [0.5, 0.6) is 0 Å². The van der Waals surface area contributed by atoms with Gasteiger partial charge >= 0.3 is 0 Å². The molecule has 0 unspecified atom stereocenters. The van der Waals surface area contributed by atoms with E-state index in [2.05, 4.69) is 10.2 Å². The van der Waals surface area contributed by atoms with Crippen LogP contribution < -0.4 is 5.84 Å². The van der Waals surface area contributed by atoms with Crippen LogP contribution in [0.3, 0.4) is 0 Å². The van der Waals surface area contributed by atoms with Gasteiger partial charge in [0.1, 0.15) is 5.82 Å². The van der Waals surface area contributed by atoms with Gasteiger partial charge in [0.15, 0.2) is 5.82 Å². The average molecular weight is 383 g/mol. The summed E-state index contributed by atoms with van der Waals surface area (Å²) >= 11 is 1.17. The lowest BCUT2D eigenvalue weighted by molar-refractivity contribution is -0.129. The first-order valence-electron chi connectivity index (χ1n) is 7.91. The molecule has 0 saturated carbocycles. The van der Waals surface area contributed by atoms with Crippen molar-refractivity contribution in [2.45, 2.75) is 5.16 Å². The van der Waals surface area contributed by atoms with Gasteiger partial charge in [-0.2, -0.15) is 0 Å². The predicted molar refractivity (Wildman–Crippen MR) is 96.6 cm³/mol. The summed E-state index contributed by atoms with van der Waals surface area (Å²) in [6, 6.07) is 5.92. The van der Waals surface area contributed by atoms with Crippen molar-refractivity contribution in [1.82, 2.24) is 19.8 Å². The number of ether oxygens (including phenoxy) is 2. The summed E-state index contributed by atoms with van der Waals surface area (Å²) in [6.45, 7) is 1.83. The van der Waals surface area contributed by atoms with Crippen LogP contribution in [0.25, 0.3) is 11.4 Å². The van der Waals surface area contributed by atoms with Gasteiger partial charge in [0, 0.05) is 32.9 Å². The van der Waals surface area contributed by atoms with Crippen molar-refractivity contribution in [3.8, 4) is 11.4 Å². The highest BCUT2D eigenvalue weighted by Crippen LogP contribution is 2.22. The van der Waals surface area contributed by atoms with E-state index in [1.807, 2.05) is 0 Å². The van der Waals surface area contributed by atoms with E-state index < -0.39 is 0 Å². The summed E-state index contributed by atoms with van der Waals surface area (Å²) in [7, 11) is 3.16. The fourth-order valence-corrected chi connectivity index (χ4v) is 2.94. The number of nitrogens with zero attached hydrogens (tertiary/aromatic N) is 4. The fraction of sp³-hybridized carbons (Fsp3) is 0.438. The molecule has 1 heterocycles. The van der Waals surface area contributed by atoms with Crippen molar-refractivity contribution in [3.05, 3.63) is 30.1 Å². The van der Waals surface area contributed by atoms with E-state index in [0.717, 1.165) is 0 Å². The average Bonchev–Trinajstić information content (AvgIpc) is 3.00.